The zero-order chi connectivity index (χ0) is 25.8. The Balaban J connectivity index is 1.33. The summed E-state index contributed by atoms with van der Waals surface area (Å²) >= 11 is 6.36. The lowest BCUT2D eigenvalue weighted by Gasteiger charge is -2.28. The average molecular weight is 517 g/mol. The van der Waals surface area contributed by atoms with Gasteiger partial charge in [-0.3, -0.25) is 9.78 Å². The number of methoxy groups -OCH3 is 1. The van der Waals surface area contributed by atoms with Gasteiger partial charge >= 0.3 is 5.97 Å². The summed E-state index contributed by atoms with van der Waals surface area (Å²) in [5.41, 5.74) is 4.73. The third kappa shape index (κ3) is 5.62. The molecule has 1 amide bonds. The molecule has 0 aliphatic carbocycles. The molecular formula is C29H29ClN4O3. The number of halogens is 1. The summed E-state index contributed by atoms with van der Waals surface area (Å²) in [6.45, 7) is 3.02. The van der Waals surface area contributed by atoms with Crippen LogP contribution in [0.1, 0.15) is 51.2 Å². The van der Waals surface area contributed by atoms with Crippen molar-refractivity contribution in [3.05, 3.63) is 94.4 Å². The molecule has 1 N–H and O–H groups in total. The number of hydrogen-bond acceptors (Lipinski definition) is 5. The van der Waals surface area contributed by atoms with E-state index >= 15 is 0 Å². The average Bonchev–Trinajstić information content (AvgIpc) is 3.34. The Bertz CT molecular complexity index is 1410. The number of ether oxygens (including phenoxy) is 1. The van der Waals surface area contributed by atoms with Crippen molar-refractivity contribution < 1.29 is 14.3 Å². The molecule has 1 aliphatic heterocycles. The van der Waals surface area contributed by atoms with Gasteiger partial charge in [-0.05, 0) is 67.3 Å². The molecule has 190 valence electrons. The fourth-order valence-electron chi connectivity index (χ4n) is 4.80. The summed E-state index contributed by atoms with van der Waals surface area (Å²) < 4.78 is 6.77. The fourth-order valence-corrected chi connectivity index (χ4v) is 5.02. The first kappa shape index (κ1) is 24.8. The van der Waals surface area contributed by atoms with Crippen molar-refractivity contribution in [3.63, 3.8) is 0 Å². The van der Waals surface area contributed by atoms with Gasteiger partial charge in [-0.1, -0.05) is 23.7 Å². The van der Waals surface area contributed by atoms with Crippen LogP contribution in [-0.2, 0) is 17.8 Å². The molecule has 37 heavy (non-hydrogen) atoms. The number of rotatable bonds is 7. The van der Waals surface area contributed by atoms with Crippen LogP contribution in [0.25, 0.3) is 10.9 Å². The lowest BCUT2D eigenvalue weighted by Crippen LogP contribution is -2.29. The van der Waals surface area contributed by atoms with Crippen molar-refractivity contribution in [1.82, 2.24) is 14.9 Å². The molecule has 0 unspecified atom stereocenters. The first-order valence-corrected chi connectivity index (χ1v) is 12.8. The molecule has 5 rings (SSSR count). The molecule has 1 aliphatic rings. The molecule has 0 radical (unpaired) electrons. The van der Waals surface area contributed by atoms with Crippen LogP contribution in [0.4, 0.5) is 5.69 Å². The van der Waals surface area contributed by atoms with Crippen LogP contribution in [0.5, 0.6) is 0 Å². The van der Waals surface area contributed by atoms with E-state index in [2.05, 4.69) is 22.3 Å². The van der Waals surface area contributed by atoms with Gasteiger partial charge in [-0.15, -0.1) is 0 Å². The number of carbonyl (C=O) groups excluding carboxylic acids is 2. The van der Waals surface area contributed by atoms with E-state index in [0.717, 1.165) is 40.9 Å². The zero-order valence-corrected chi connectivity index (χ0v) is 21.5. The molecule has 0 saturated carbocycles. The van der Waals surface area contributed by atoms with Gasteiger partial charge in [0.1, 0.15) is 0 Å². The molecule has 1 saturated heterocycles. The van der Waals surface area contributed by atoms with Gasteiger partial charge in [-0.2, -0.15) is 0 Å². The number of pyridine rings is 1. The maximum atomic E-state index is 13.2. The second-order valence-electron chi connectivity index (χ2n) is 9.26. The number of nitrogens with one attached hydrogen (secondary N) is 1. The number of esters is 1. The van der Waals surface area contributed by atoms with Crippen LogP contribution in [0.2, 0.25) is 5.02 Å². The van der Waals surface area contributed by atoms with Gasteiger partial charge in [0, 0.05) is 36.2 Å². The van der Waals surface area contributed by atoms with E-state index in [1.165, 1.54) is 26.4 Å². The van der Waals surface area contributed by atoms with E-state index in [1.54, 1.807) is 30.3 Å². The number of nitrogens with zero attached hydrogens (tertiary/aromatic N) is 3. The molecule has 0 atom stereocenters. The van der Waals surface area contributed by atoms with Gasteiger partial charge in [0.05, 0.1) is 47.9 Å². The van der Waals surface area contributed by atoms with Crippen molar-refractivity contribution in [3.8, 4) is 0 Å². The minimum Gasteiger partial charge on any atom is -0.465 e. The third-order valence-electron chi connectivity index (χ3n) is 6.76. The lowest BCUT2D eigenvalue weighted by molar-refractivity contribution is 0.0600. The predicted molar refractivity (Wildman–Crippen MR) is 145 cm³/mol. The first-order valence-electron chi connectivity index (χ1n) is 12.5. The van der Waals surface area contributed by atoms with Gasteiger partial charge in [-0.25, -0.2) is 4.79 Å². The predicted octanol–water partition coefficient (Wildman–Crippen LogP) is 5.44. The highest BCUT2D eigenvalue weighted by molar-refractivity contribution is 6.32. The van der Waals surface area contributed by atoms with Crippen molar-refractivity contribution in [2.45, 2.75) is 32.4 Å². The summed E-state index contributed by atoms with van der Waals surface area (Å²) in [5, 5.41) is 4.37. The number of hydrogen-bond donors (Lipinski definition) is 1. The smallest absolute Gasteiger partial charge is 0.337 e. The summed E-state index contributed by atoms with van der Waals surface area (Å²) in [6.07, 6.45) is 7.66. The summed E-state index contributed by atoms with van der Waals surface area (Å²) in [5.74, 6) is -0.619. The Labute approximate surface area is 221 Å². The molecule has 4 aromatic rings. The molecule has 0 spiro atoms. The molecule has 1 fully saturated rings. The Hall–Kier alpha value is -3.84. The Morgan fingerprint density at radius 3 is 2.51 bits per heavy atom. The second kappa shape index (κ2) is 11.0. The Kier molecular flexibility index (Phi) is 7.42. The molecule has 2 aromatic carbocycles. The van der Waals surface area contributed by atoms with Crippen molar-refractivity contribution in [1.29, 1.82) is 0 Å². The Morgan fingerprint density at radius 1 is 1.03 bits per heavy atom. The summed E-state index contributed by atoms with van der Waals surface area (Å²) in [4.78, 5) is 32.0. The minimum absolute atomic E-state index is 0.224. The second-order valence-corrected chi connectivity index (χ2v) is 9.70. The zero-order valence-electron chi connectivity index (χ0n) is 20.7. The molecule has 8 heteroatoms. The van der Waals surface area contributed by atoms with Crippen LogP contribution in [0, 0.1) is 0 Å². The monoisotopic (exact) mass is 516 g/mol. The van der Waals surface area contributed by atoms with E-state index < -0.39 is 5.97 Å². The maximum absolute atomic E-state index is 13.2. The summed E-state index contributed by atoms with van der Waals surface area (Å²) in [7, 11) is 1.35. The van der Waals surface area contributed by atoms with Crippen molar-refractivity contribution >= 4 is 40.1 Å². The molecule has 2 aromatic heterocycles. The minimum atomic E-state index is -0.395. The SMILES string of the molecule is COC(=O)c1ccc(CNC(=O)c2cc(Cl)cc3ccn(Cc4ccc(N5CCCCC5)cn4)c23)cc1. The largest absolute Gasteiger partial charge is 0.465 e. The highest BCUT2D eigenvalue weighted by Crippen LogP contribution is 2.27. The quantitative estimate of drug-likeness (QED) is 0.331. The number of amides is 1. The third-order valence-corrected chi connectivity index (χ3v) is 6.98. The number of anilines is 1. The van der Waals surface area contributed by atoms with Crippen LogP contribution < -0.4 is 10.2 Å². The molecule has 3 heterocycles. The van der Waals surface area contributed by atoms with E-state index in [4.69, 9.17) is 21.3 Å². The molecule has 0 bridgehead atoms. The molecular weight excluding hydrogens is 488 g/mol. The lowest BCUT2D eigenvalue weighted by atomic mass is 10.1. The Morgan fingerprint density at radius 2 is 1.81 bits per heavy atom. The molecule has 7 nitrogen and oxygen atoms in total. The van der Waals surface area contributed by atoms with Crippen molar-refractivity contribution in [2.24, 2.45) is 0 Å². The highest BCUT2D eigenvalue weighted by Gasteiger charge is 2.17. The van der Waals surface area contributed by atoms with Gasteiger partial charge in [0.25, 0.3) is 5.91 Å². The van der Waals surface area contributed by atoms with Crippen LogP contribution in [0.15, 0.2) is 67.0 Å². The van der Waals surface area contributed by atoms with Crippen LogP contribution in [0.3, 0.4) is 0 Å². The van der Waals surface area contributed by atoms with Gasteiger partial charge in [0.2, 0.25) is 0 Å². The standard InChI is InChI=1S/C29H29ClN4O3/c1-37-29(36)21-7-5-20(6-8-21)17-32-28(35)26-16-23(30)15-22-11-14-34(27(22)26)19-24-9-10-25(18-31-24)33-12-3-2-4-13-33/h5-11,14-16,18H,2-4,12-13,17,19H2,1H3,(H,32,35). The maximum Gasteiger partial charge on any atom is 0.337 e. The van der Waals surface area contributed by atoms with Crippen LogP contribution >= 0.6 is 11.6 Å². The van der Waals surface area contributed by atoms with Crippen molar-refractivity contribution in [2.75, 3.05) is 25.1 Å². The number of fused-ring (bicyclic) bond motifs is 1. The number of benzene rings is 2. The van der Waals surface area contributed by atoms with E-state index in [0.29, 0.717) is 29.2 Å². The normalized spacial score (nSPS) is 13.5. The number of aromatic nitrogens is 2. The first-order chi connectivity index (χ1) is 18.0. The summed E-state index contributed by atoms with van der Waals surface area (Å²) in [6, 6.07) is 16.7. The van der Waals surface area contributed by atoms with Gasteiger partial charge < -0.3 is 19.5 Å². The van der Waals surface area contributed by atoms with Gasteiger partial charge in [0.15, 0.2) is 0 Å². The fraction of sp³-hybridized carbons (Fsp3) is 0.276. The highest BCUT2D eigenvalue weighted by atomic mass is 35.5. The van der Waals surface area contributed by atoms with E-state index in [1.807, 2.05) is 29.1 Å². The van der Waals surface area contributed by atoms with E-state index in [-0.39, 0.29) is 5.91 Å². The van der Waals surface area contributed by atoms with Crippen LogP contribution in [-0.4, -0.2) is 41.6 Å². The number of piperidine rings is 1. The topological polar surface area (TPSA) is 76.5 Å². The number of carbonyl (C=O) groups is 2. The van der Waals surface area contributed by atoms with E-state index in [9.17, 15) is 9.59 Å².